The van der Waals surface area contributed by atoms with Crippen molar-refractivity contribution in [3.8, 4) is 22.9 Å². The maximum absolute atomic E-state index is 12.6. The molecule has 0 amide bonds. The number of alkyl halides is 3. The van der Waals surface area contributed by atoms with Crippen molar-refractivity contribution in [3.63, 3.8) is 0 Å². The first-order chi connectivity index (χ1) is 11.7. The van der Waals surface area contributed by atoms with Crippen LogP contribution in [-0.4, -0.2) is 24.1 Å². The first-order valence-electron chi connectivity index (χ1n) is 7.01. The number of methoxy groups -OCH3 is 1. The van der Waals surface area contributed by atoms with E-state index in [1.807, 2.05) is 0 Å². The van der Waals surface area contributed by atoms with E-state index in [4.69, 9.17) is 4.74 Å². The van der Waals surface area contributed by atoms with E-state index < -0.39 is 22.7 Å². The molecule has 0 aliphatic rings. The number of rotatable bonds is 3. The van der Waals surface area contributed by atoms with Gasteiger partial charge in [-0.3, -0.25) is 4.79 Å². The molecule has 0 fully saturated rings. The summed E-state index contributed by atoms with van der Waals surface area (Å²) in [6, 6.07) is 8.49. The number of ether oxygens (including phenoxy) is 1. The normalized spacial score (nSPS) is 11.7. The Kier molecular flexibility index (Phi) is 4.11. The zero-order valence-electron chi connectivity index (χ0n) is 13.0. The molecule has 0 aliphatic carbocycles. The van der Waals surface area contributed by atoms with Crippen LogP contribution >= 0.6 is 11.3 Å². The van der Waals surface area contributed by atoms with Crippen LogP contribution in [0.2, 0.25) is 0 Å². The Morgan fingerprint density at radius 3 is 2.48 bits per heavy atom. The van der Waals surface area contributed by atoms with Crippen molar-refractivity contribution in [2.45, 2.75) is 13.1 Å². The topological polar surface area (TPSA) is 66.3 Å². The number of aromatic nitrogens is 2. The van der Waals surface area contributed by atoms with Crippen LogP contribution in [0.5, 0.6) is 11.6 Å². The molecule has 0 bridgehead atoms. The van der Waals surface area contributed by atoms with E-state index in [9.17, 15) is 23.1 Å². The monoisotopic (exact) mass is 368 g/mol. The predicted octanol–water partition coefficient (Wildman–Crippen LogP) is 2.68. The number of Topliss-reactive ketones (excluding diaryl/α,β-unsaturated/α-hetero) is 1. The van der Waals surface area contributed by atoms with Gasteiger partial charge in [-0.05, 0) is 47.5 Å². The number of carbonyl (C=O) groups excluding carboxylic acids is 1. The molecule has 1 aromatic carbocycles. The summed E-state index contributed by atoms with van der Waals surface area (Å²) in [5.41, 5.74) is 1.57. The molecule has 3 rings (SSSR count). The number of ketones is 1. The maximum atomic E-state index is 12.6. The number of fused-ring (bicyclic) bond motifs is 1. The molecule has 0 radical (unpaired) electrons. The second-order valence-corrected chi connectivity index (χ2v) is 6.17. The summed E-state index contributed by atoms with van der Waals surface area (Å²) in [7, 11) is 1.53. The van der Waals surface area contributed by atoms with Gasteiger partial charge in [-0.1, -0.05) is 0 Å². The molecule has 0 aliphatic heterocycles. The van der Waals surface area contributed by atoms with E-state index in [0.717, 1.165) is 4.40 Å². The molecule has 9 heteroatoms. The smallest absolute Gasteiger partial charge is 0.455 e. The van der Waals surface area contributed by atoms with Gasteiger partial charge in [-0.2, -0.15) is 17.6 Å². The minimum absolute atomic E-state index is 0.0309. The van der Waals surface area contributed by atoms with Gasteiger partial charge in [0.1, 0.15) is 16.3 Å². The lowest BCUT2D eigenvalue weighted by atomic mass is 10.1. The second kappa shape index (κ2) is 5.99. The molecule has 2 heterocycles. The van der Waals surface area contributed by atoms with Crippen molar-refractivity contribution >= 4 is 22.1 Å². The van der Waals surface area contributed by atoms with Crippen molar-refractivity contribution < 1.29 is 32.2 Å². The molecular weight excluding hydrogens is 357 g/mol. The van der Waals surface area contributed by atoms with Crippen LogP contribution in [0.15, 0.2) is 30.3 Å². The van der Waals surface area contributed by atoms with Crippen LogP contribution < -0.4 is 14.2 Å². The Bertz CT molecular complexity index is 965. The fraction of sp³-hybridized carbons (Fsp3) is 0.188. The number of thiazole rings is 1. The molecule has 130 valence electrons. The van der Waals surface area contributed by atoms with Crippen LogP contribution in [0.3, 0.4) is 0 Å². The minimum atomic E-state index is -5.10. The molecule has 0 spiro atoms. The highest BCUT2D eigenvalue weighted by Crippen LogP contribution is 2.30. The molecule has 0 N–H and O–H groups in total. The Hall–Kier alpha value is -2.68. The molecule has 0 atom stereocenters. The van der Waals surface area contributed by atoms with Crippen LogP contribution in [0.1, 0.15) is 15.4 Å². The van der Waals surface area contributed by atoms with E-state index in [-0.39, 0.29) is 4.96 Å². The summed E-state index contributed by atoms with van der Waals surface area (Å²) < 4.78 is 44.0. The second-order valence-electron chi connectivity index (χ2n) is 5.19. The molecule has 0 saturated heterocycles. The number of aryl methyl sites for hydroxylation is 1. The first-order valence-corrected chi connectivity index (χ1v) is 7.83. The lowest BCUT2D eigenvalue weighted by Crippen LogP contribution is -2.31. The van der Waals surface area contributed by atoms with E-state index in [1.54, 1.807) is 37.3 Å². The third-order valence-electron chi connectivity index (χ3n) is 3.55. The Balaban J connectivity index is 2.14. The van der Waals surface area contributed by atoms with Gasteiger partial charge in [0.05, 0.1) is 13.0 Å². The minimum Gasteiger partial charge on any atom is -0.841 e. The van der Waals surface area contributed by atoms with Crippen LogP contribution in [0.25, 0.3) is 16.2 Å². The lowest BCUT2D eigenvalue weighted by Gasteiger charge is -2.07. The Morgan fingerprint density at radius 1 is 1.28 bits per heavy atom. The highest BCUT2D eigenvalue weighted by Gasteiger charge is 2.42. The van der Waals surface area contributed by atoms with Crippen molar-refractivity contribution in [1.82, 2.24) is 4.98 Å². The average Bonchev–Trinajstić information content (AvgIpc) is 2.90. The Labute approximate surface area is 144 Å². The summed E-state index contributed by atoms with van der Waals surface area (Å²) in [6.07, 6.45) is -5.10. The highest BCUT2D eigenvalue weighted by atomic mass is 32.1. The van der Waals surface area contributed by atoms with Crippen LogP contribution in [0, 0.1) is 6.92 Å². The molecule has 3 aromatic rings. The number of hydrogen-bond acceptors (Lipinski definition) is 5. The zero-order chi connectivity index (χ0) is 18.4. The van der Waals surface area contributed by atoms with Crippen LogP contribution in [0.4, 0.5) is 13.2 Å². The summed E-state index contributed by atoms with van der Waals surface area (Å²) >= 11 is 0.435. The van der Waals surface area contributed by atoms with Gasteiger partial charge in [0, 0.05) is 11.6 Å². The van der Waals surface area contributed by atoms with Crippen molar-refractivity contribution in [1.29, 1.82) is 0 Å². The van der Waals surface area contributed by atoms with Crippen LogP contribution in [-0.2, 0) is 0 Å². The number of benzene rings is 1. The van der Waals surface area contributed by atoms with Gasteiger partial charge >= 0.3 is 11.1 Å². The number of carbonyl (C=O) groups is 1. The number of nitrogens with zero attached hydrogens (tertiary/aromatic N) is 2. The van der Waals surface area contributed by atoms with Gasteiger partial charge in [0.2, 0.25) is 0 Å². The highest BCUT2D eigenvalue weighted by molar-refractivity contribution is 7.18. The van der Waals surface area contributed by atoms with E-state index in [2.05, 4.69) is 4.98 Å². The maximum Gasteiger partial charge on any atom is 0.455 e. The van der Waals surface area contributed by atoms with E-state index in [1.165, 1.54) is 7.11 Å². The molecule has 2 aromatic heterocycles. The SMILES string of the molecule is COc1ccc(-c2cc(C)[n+]3c([O-])c(C(=O)C(F)(F)F)sc3n2)cc1. The van der Waals surface area contributed by atoms with Crippen molar-refractivity contribution in [3.05, 3.63) is 40.9 Å². The third-order valence-corrected chi connectivity index (χ3v) is 4.57. The Morgan fingerprint density at radius 2 is 1.92 bits per heavy atom. The van der Waals surface area contributed by atoms with Crippen molar-refractivity contribution in [2.24, 2.45) is 0 Å². The van der Waals surface area contributed by atoms with Gasteiger partial charge in [-0.15, -0.1) is 0 Å². The first kappa shape index (κ1) is 17.2. The fourth-order valence-corrected chi connectivity index (χ4v) is 3.36. The van der Waals surface area contributed by atoms with Crippen molar-refractivity contribution in [2.75, 3.05) is 7.11 Å². The lowest BCUT2D eigenvalue weighted by molar-refractivity contribution is -0.588. The molecule has 0 saturated carbocycles. The molecular formula is C16H11F3N2O3S. The van der Waals surface area contributed by atoms with Gasteiger partial charge < -0.3 is 9.84 Å². The molecule has 0 unspecified atom stereocenters. The average molecular weight is 368 g/mol. The summed E-state index contributed by atoms with van der Waals surface area (Å²) in [4.78, 5) is 14.8. The van der Waals surface area contributed by atoms with Gasteiger partial charge in [0.25, 0.3) is 5.78 Å². The number of halogens is 3. The predicted molar refractivity (Wildman–Crippen MR) is 81.8 cm³/mol. The van der Waals surface area contributed by atoms with Gasteiger partial charge in [-0.25, -0.2) is 0 Å². The van der Waals surface area contributed by atoms with Gasteiger partial charge in [0.15, 0.2) is 5.69 Å². The largest absolute Gasteiger partial charge is 0.841 e. The van der Waals surface area contributed by atoms with E-state index in [0.29, 0.717) is 34.0 Å². The number of hydrogen-bond donors (Lipinski definition) is 0. The molecule has 25 heavy (non-hydrogen) atoms. The zero-order valence-corrected chi connectivity index (χ0v) is 13.9. The standard InChI is InChI=1S/C16H11F3N2O3S/c1-8-7-11(9-3-5-10(24-2)6-4-9)20-15-21(8)14(23)12(25-15)13(22)16(17,18)19/h3-7H,1-2H3. The molecule has 5 nitrogen and oxygen atoms in total. The fourth-order valence-electron chi connectivity index (χ4n) is 2.33. The quantitative estimate of drug-likeness (QED) is 0.527. The summed E-state index contributed by atoms with van der Waals surface area (Å²) in [5.74, 6) is -2.51. The summed E-state index contributed by atoms with van der Waals surface area (Å²) in [6.45, 7) is 1.57. The summed E-state index contributed by atoms with van der Waals surface area (Å²) in [5, 5.41) is 12.2. The third kappa shape index (κ3) is 3.02. The van der Waals surface area contributed by atoms with E-state index >= 15 is 0 Å².